The van der Waals surface area contributed by atoms with Gasteiger partial charge in [-0.1, -0.05) is 24.6 Å². The maximum Gasteiger partial charge on any atom is 0.225 e. The van der Waals surface area contributed by atoms with E-state index in [1.54, 1.807) is 0 Å². The third-order valence-corrected chi connectivity index (χ3v) is 6.54. The Balaban J connectivity index is 0.00000210. The Labute approximate surface area is 179 Å². The van der Waals surface area contributed by atoms with Crippen LogP contribution in [0.25, 0.3) is 0 Å². The van der Waals surface area contributed by atoms with E-state index in [1.807, 2.05) is 25.2 Å². The Hall–Kier alpha value is -1.31. The molecule has 4 rings (SSSR count). The van der Waals surface area contributed by atoms with Crippen molar-refractivity contribution in [3.63, 3.8) is 0 Å². The van der Waals surface area contributed by atoms with E-state index < -0.39 is 0 Å². The smallest absolute Gasteiger partial charge is 0.225 e. The van der Waals surface area contributed by atoms with Gasteiger partial charge in [-0.15, -0.1) is 24.0 Å². The molecule has 4 atom stereocenters. The van der Waals surface area contributed by atoms with Gasteiger partial charge in [0.1, 0.15) is 0 Å². The number of hydrogen-bond acceptors (Lipinski definition) is 2. The van der Waals surface area contributed by atoms with Gasteiger partial charge in [0.15, 0.2) is 5.96 Å². The molecule has 1 aromatic carbocycles. The minimum absolute atomic E-state index is 0. The number of nitrogens with zero attached hydrogens (tertiary/aromatic N) is 1. The standard InChI is InChI=1S/C21H30N4O.HI/c1-22-21(23-9-8-16-11-14-6-7-15(16)10-14)24-13-17-12-20(26)25-19-5-3-2-4-18(17)19;/h2-5,14-17H,6-13H2,1H3,(H,25,26)(H2,22,23,24);1H. The largest absolute Gasteiger partial charge is 0.356 e. The first-order valence-electron chi connectivity index (χ1n) is 10.1. The SMILES string of the molecule is CN=C(NCCC1CC2CCC1C2)NCC1CC(=O)Nc2ccccc21.I. The van der Waals surface area contributed by atoms with Crippen molar-refractivity contribution in [2.75, 3.05) is 25.5 Å². The summed E-state index contributed by atoms with van der Waals surface area (Å²) in [6.07, 6.45) is 7.59. The first-order valence-corrected chi connectivity index (χ1v) is 10.1. The van der Waals surface area contributed by atoms with Crippen LogP contribution >= 0.6 is 24.0 Å². The maximum absolute atomic E-state index is 11.9. The number of nitrogens with one attached hydrogen (secondary N) is 3. The molecule has 6 heteroatoms. The first-order chi connectivity index (χ1) is 12.7. The summed E-state index contributed by atoms with van der Waals surface area (Å²) in [6.45, 7) is 1.70. The average molecular weight is 482 g/mol. The number of benzene rings is 1. The molecule has 5 nitrogen and oxygen atoms in total. The molecule has 2 fully saturated rings. The van der Waals surface area contributed by atoms with Crippen LogP contribution in [-0.2, 0) is 4.79 Å². The number of fused-ring (bicyclic) bond motifs is 3. The molecule has 27 heavy (non-hydrogen) atoms. The first kappa shape index (κ1) is 20.4. The Kier molecular flexibility index (Phi) is 7.00. The van der Waals surface area contributed by atoms with Crippen molar-refractivity contribution in [1.29, 1.82) is 0 Å². The minimum Gasteiger partial charge on any atom is -0.356 e. The molecule has 4 unspecified atom stereocenters. The van der Waals surface area contributed by atoms with Crippen molar-refractivity contribution in [2.45, 2.75) is 44.4 Å². The number of carbonyl (C=O) groups is 1. The fourth-order valence-corrected chi connectivity index (χ4v) is 5.23. The van der Waals surface area contributed by atoms with Crippen molar-refractivity contribution < 1.29 is 4.79 Å². The molecule has 0 radical (unpaired) electrons. The van der Waals surface area contributed by atoms with Crippen LogP contribution in [0.4, 0.5) is 5.69 Å². The Morgan fingerprint density at radius 2 is 2.07 bits per heavy atom. The summed E-state index contributed by atoms with van der Waals surface area (Å²) in [4.78, 5) is 16.3. The highest BCUT2D eigenvalue weighted by Gasteiger charge is 2.38. The lowest BCUT2D eigenvalue weighted by atomic mass is 9.86. The molecule has 2 aliphatic carbocycles. The van der Waals surface area contributed by atoms with Crippen molar-refractivity contribution in [1.82, 2.24) is 10.6 Å². The van der Waals surface area contributed by atoms with Gasteiger partial charge >= 0.3 is 0 Å². The highest BCUT2D eigenvalue weighted by Crippen LogP contribution is 2.49. The number of carbonyl (C=O) groups excluding carboxylic acids is 1. The molecule has 1 aliphatic heterocycles. The van der Waals surface area contributed by atoms with E-state index in [4.69, 9.17) is 0 Å². The second-order valence-electron chi connectivity index (χ2n) is 8.14. The van der Waals surface area contributed by atoms with Crippen molar-refractivity contribution in [3.05, 3.63) is 29.8 Å². The van der Waals surface area contributed by atoms with E-state index in [-0.39, 0.29) is 35.8 Å². The Bertz CT molecular complexity index is 693. The van der Waals surface area contributed by atoms with Crippen LogP contribution in [0, 0.1) is 17.8 Å². The molecular formula is C21H31IN4O. The number of hydrogen-bond donors (Lipinski definition) is 3. The molecule has 1 amide bonds. The fourth-order valence-electron chi connectivity index (χ4n) is 5.23. The third kappa shape index (κ3) is 4.76. The molecule has 148 valence electrons. The highest BCUT2D eigenvalue weighted by atomic mass is 127. The van der Waals surface area contributed by atoms with Crippen molar-refractivity contribution >= 4 is 41.5 Å². The molecular weight excluding hydrogens is 451 g/mol. The molecule has 3 N–H and O–H groups in total. The number of aliphatic imine (C=N–C) groups is 1. The van der Waals surface area contributed by atoms with Crippen LogP contribution in [-0.4, -0.2) is 32.0 Å². The van der Waals surface area contributed by atoms with Gasteiger partial charge in [-0.25, -0.2) is 0 Å². The molecule has 0 aromatic heterocycles. The van der Waals surface area contributed by atoms with E-state index in [9.17, 15) is 4.79 Å². The lowest BCUT2D eigenvalue weighted by Crippen LogP contribution is -2.41. The second kappa shape index (κ2) is 9.26. The van der Waals surface area contributed by atoms with Gasteiger partial charge in [0.2, 0.25) is 5.91 Å². The Morgan fingerprint density at radius 1 is 1.22 bits per heavy atom. The van der Waals surface area contributed by atoms with Crippen molar-refractivity contribution in [3.8, 4) is 0 Å². The number of halogens is 1. The fraction of sp³-hybridized carbons (Fsp3) is 0.619. The normalized spacial score (nSPS) is 28.9. The van der Waals surface area contributed by atoms with Gasteiger partial charge in [0.25, 0.3) is 0 Å². The zero-order valence-electron chi connectivity index (χ0n) is 16.0. The molecule has 0 spiro atoms. The number of guanidine groups is 1. The summed E-state index contributed by atoms with van der Waals surface area (Å²) >= 11 is 0. The summed E-state index contributed by atoms with van der Waals surface area (Å²) in [5.74, 6) is 4.03. The summed E-state index contributed by atoms with van der Waals surface area (Å²) in [5.41, 5.74) is 2.15. The minimum atomic E-state index is 0. The monoisotopic (exact) mass is 482 g/mol. The topological polar surface area (TPSA) is 65.5 Å². The van der Waals surface area contributed by atoms with Gasteiger partial charge in [0.05, 0.1) is 0 Å². The van der Waals surface area contributed by atoms with Gasteiger partial charge < -0.3 is 16.0 Å². The van der Waals surface area contributed by atoms with E-state index in [0.717, 1.165) is 42.5 Å². The predicted molar refractivity (Wildman–Crippen MR) is 121 cm³/mol. The molecule has 2 bridgehead atoms. The van der Waals surface area contributed by atoms with E-state index in [1.165, 1.54) is 37.7 Å². The number of anilines is 1. The van der Waals surface area contributed by atoms with Crippen molar-refractivity contribution in [2.24, 2.45) is 22.7 Å². The van der Waals surface area contributed by atoms with E-state index in [0.29, 0.717) is 6.42 Å². The van der Waals surface area contributed by atoms with Gasteiger partial charge in [-0.3, -0.25) is 9.79 Å². The number of para-hydroxylation sites is 1. The zero-order chi connectivity index (χ0) is 17.9. The van der Waals surface area contributed by atoms with Gasteiger partial charge in [-0.05, 0) is 55.1 Å². The number of rotatable bonds is 5. The van der Waals surface area contributed by atoms with Crippen LogP contribution in [0.3, 0.4) is 0 Å². The van der Waals surface area contributed by atoms with Crippen LogP contribution in [0.5, 0.6) is 0 Å². The van der Waals surface area contributed by atoms with Crippen LogP contribution in [0.1, 0.15) is 50.0 Å². The molecule has 1 aromatic rings. The van der Waals surface area contributed by atoms with E-state index in [2.05, 4.69) is 27.0 Å². The second-order valence-corrected chi connectivity index (χ2v) is 8.14. The average Bonchev–Trinajstić information content (AvgIpc) is 3.27. The molecule has 2 saturated carbocycles. The maximum atomic E-state index is 11.9. The highest BCUT2D eigenvalue weighted by molar-refractivity contribution is 14.0. The lowest BCUT2D eigenvalue weighted by Gasteiger charge is -2.26. The van der Waals surface area contributed by atoms with Crippen LogP contribution in [0.15, 0.2) is 29.3 Å². The van der Waals surface area contributed by atoms with E-state index >= 15 is 0 Å². The van der Waals surface area contributed by atoms with Crippen LogP contribution in [0.2, 0.25) is 0 Å². The molecule has 1 heterocycles. The summed E-state index contributed by atoms with van der Waals surface area (Å²) < 4.78 is 0. The van der Waals surface area contributed by atoms with Crippen LogP contribution < -0.4 is 16.0 Å². The third-order valence-electron chi connectivity index (χ3n) is 6.54. The lowest BCUT2D eigenvalue weighted by molar-refractivity contribution is -0.116. The zero-order valence-corrected chi connectivity index (χ0v) is 18.4. The van der Waals surface area contributed by atoms with Gasteiger partial charge in [0, 0.05) is 38.2 Å². The summed E-state index contributed by atoms with van der Waals surface area (Å²) in [6, 6.07) is 8.07. The quantitative estimate of drug-likeness (QED) is 0.341. The molecule has 0 saturated heterocycles. The number of amides is 1. The summed E-state index contributed by atoms with van der Waals surface area (Å²) in [5, 5.41) is 9.85. The Morgan fingerprint density at radius 3 is 2.81 bits per heavy atom. The van der Waals surface area contributed by atoms with Gasteiger partial charge in [-0.2, -0.15) is 0 Å². The molecule has 3 aliphatic rings. The predicted octanol–water partition coefficient (Wildman–Crippen LogP) is 3.72. The summed E-state index contributed by atoms with van der Waals surface area (Å²) in [7, 11) is 1.81.